The fraction of sp³-hybridized carbons (Fsp3) is 0.417. The predicted octanol–water partition coefficient (Wildman–Crippen LogP) is 2.98. The number of amides is 1. The van der Waals surface area contributed by atoms with Gasteiger partial charge in [0.05, 0.1) is 36.6 Å². The van der Waals surface area contributed by atoms with Crippen molar-refractivity contribution in [2.45, 2.75) is 70.9 Å². The van der Waals surface area contributed by atoms with Crippen molar-refractivity contribution in [2.75, 3.05) is 31.7 Å². The second-order valence-electron chi connectivity index (χ2n) is 14.5. The highest BCUT2D eigenvalue weighted by atomic mass is 31.3. The number of allylic oxidation sites excluding steroid dienone is 1. The van der Waals surface area contributed by atoms with E-state index in [-0.39, 0.29) is 36.4 Å². The van der Waals surface area contributed by atoms with Crippen LogP contribution in [0.3, 0.4) is 0 Å². The zero-order valence-corrected chi connectivity index (χ0v) is 36.2. The van der Waals surface area contributed by atoms with Crippen molar-refractivity contribution in [3.8, 4) is 5.75 Å². The van der Waals surface area contributed by atoms with E-state index >= 15 is 0 Å². The summed E-state index contributed by atoms with van der Waals surface area (Å²) in [4.78, 5) is 84.8. The first-order valence-corrected chi connectivity index (χ1v) is 22.9. The minimum absolute atomic E-state index is 0.0237. The summed E-state index contributed by atoms with van der Waals surface area (Å²) in [5.41, 5.74) is 3.18. The number of aliphatic hydroxyl groups is 1. The van der Waals surface area contributed by atoms with Gasteiger partial charge in [0.15, 0.2) is 0 Å². The molecule has 2 aromatic carbocycles. The molecule has 0 bridgehead atoms. The van der Waals surface area contributed by atoms with Gasteiger partial charge in [0.25, 0.3) is 29.0 Å². The number of anilines is 1. The van der Waals surface area contributed by atoms with Gasteiger partial charge in [0, 0.05) is 49.4 Å². The number of methoxy groups -OCH3 is 1. The molecule has 6 atom stereocenters. The van der Waals surface area contributed by atoms with Crippen LogP contribution >= 0.6 is 23.5 Å². The number of phosphoric ester groups is 1. The first-order valence-electron chi connectivity index (χ1n) is 18.5. The maximum atomic E-state index is 12.9. The van der Waals surface area contributed by atoms with Crippen molar-refractivity contribution >= 4 is 58.1 Å². The van der Waals surface area contributed by atoms with Crippen LogP contribution < -0.4 is 40.9 Å². The number of H-pyrrole nitrogens is 1. The van der Waals surface area contributed by atoms with E-state index in [0.717, 1.165) is 33.2 Å². The number of hydrogen-bond donors (Lipinski definition) is 4. The zero-order chi connectivity index (χ0) is 44.9. The van der Waals surface area contributed by atoms with Crippen molar-refractivity contribution in [2.24, 2.45) is 10.2 Å². The summed E-state index contributed by atoms with van der Waals surface area (Å²) in [6.07, 6.45) is 2.20. The van der Waals surface area contributed by atoms with Gasteiger partial charge in [-0.25, -0.2) is 13.4 Å². The highest BCUT2D eigenvalue weighted by Crippen LogP contribution is 2.61. The highest BCUT2D eigenvalue weighted by molar-refractivity contribution is 7.65. The number of ether oxygens (including phenoxy) is 2. The topological polar surface area (TPSA) is 319 Å². The van der Waals surface area contributed by atoms with Crippen LogP contribution in [-0.4, -0.2) is 70.0 Å². The molecule has 0 spiro atoms. The van der Waals surface area contributed by atoms with Gasteiger partial charge in [-0.05, 0) is 57.9 Å². The number of rotatable bonds is 18. The molecule has 4 N–H and O–H groups in total. The number of aromatic amines is 1. The van der Waals surface area contributed by atoms with Gasteiger partial charge < -0.3 is 48.9 Å². The third kappa shape index (κ3) is 13.1. The molecule has 332 valence electrons. The number of aliphatic hydroxyl groups excluding tert-OH is 1. The summed E-state index contributed by atoms with van der Waals surface area (Å²) in [5.74, 6) is 0.289. The quantitative estimate of drug-likeness (QED) is 0.105. The molecule has 5 rings (SSSR count). The standard InChI is InChI=1S/C36H47N6O16P3/c1-22-10-12-25(13-11-22)39-40-27-16-26-23(2)19-36(3,4)42(28(26)17-30(27)54-5)15-7-9-32(44)37-14-6-8-24-20-41(35(46)38-34(24)45)33-18-29(43)31(56-33)21-55-60(50,51)58-61(52,53)57-59(47,48)49/h6,8,10-13,16-17,19-20,29,31,33,43H,7,9,14-15,18,21H2,1-5H3,(H,37,44)(H,50,51)(H,52,53)(H,38,45,46)(H2,47,48,49)/p-3/b8-6+,40-39?/t29?,31-,33-/m1/s1. The summed E-state index contributed by atoms with van der Waals surface area (Å²) in [6, 6.07) is 11.6. The van der Waals surface area contributed by atoms with Crippen molar-refractivity contribution in [3.05, 3.63) is 92.3 Å². The third-order valence-electron chi connectivity index (χ3n) is 9.40. The normalized spacial score (nSPS) is 21.7. The number of hydrogen-bond acceptors (Lipinski definition) is 18. The van der Waals surface area contributed by atoms with Crippen LogP contribution in [0.5, 0.6) is 5.75 Å². The zero-order valence-electron chi connectivity index (χ0n) is 33.5. The lowest BCUT2D eigenvalue weighted by atomic mass is 9.88. The number of aryl methyl sites for hydroxylation is 1. The Bertz CT molecular complexity index is 2460. The van der Waals surface area contributed by atoms with Gasteiger partial charge >= 0.3 is 5.69 Å². The maximum Gasteiger partial charge on any atom is 0.330 e. The average molecular weight is 910 g/mol. The van der Waals surface area contributed by atoms with E-state index in [0.29, 0.717) is 30.1 Å². The van der Waals surface area contributed by atoms with Crippen LogP contribution in [0.1, 0.15) is 63.0 Å². The molecule has 1 saturated heterocycles. The fourth-order valence-electron chi connectivity index (χ4n) is 6.63. The summed E-state index contributed by atoms with van der Waals surface area (Å²) in [7, 11) is -16.4. The molecule has 2 aliphatic rings. The lowest BCUT2D eigenvalue weighted by molar-refractivity contribution is -0.250. The molecule has 4 unspecified atom stereocenters. The first kappa shape index (κ1) is 47.6. The molecular formula is C36H44N6O16P3-3. The van der Waals surface area contributed by atoms with Crippen molar-refractivity contribution in [1.82, 2.24) is 14.9 Å². The van der Waals surface area contributed by atoms with E-state index in [1.807, 2.05) is 50.2 Å². The number of nitrogens with one attached hydrogen (secondary N) is 2. The number of azo groups is 1. The van der Waals surface area contributed by atoms with E-state index in [1.54, 1.807) is 7.11 Å². The minimum atomic E-state index is -6.15. The Morgan fingerprint density at radius 2 is 1.79 bits per heavy atom. The molecule has 0 saturated carbocycles. The molecule has 0 radical (unpaired) electrons. The smallest absolute Gasteiger partial charge is 0.330 e. The fourth-order valence-corrected chi connectivity index (χ4v) is 9.53. The largest absolute Gasteiger partial charge is 0.756 e. The Balaban J connectivity index is 1.15. The lowest BCUT2D eigenvalue weighted by Crippen LogP contribution is -2.45. The van der Waals surface area contributed by atoms with Crippen LogP contribution in [0.2, 0.25) is 0 Å². The molecule has 2 aliphatic heterocycles. The Morgan fingerprint density at radius 1 is 1.08 bits per heavy atom. The van der Waals surface area contributed by atoms with Gasteiger partial charge in [0.2, 0.25) is 5.91 Å². The molecule has 25 heteroatoms. The number of benzene rings is 2. The molecule has 0 aliphatic carbocycles. The lowest BCUT2D eigenvalue weighted by Gasteiger charge is -2.43. The Hall–Kier alpha value is -4.40. The van der Waals surface area contributed by atoms with Crippen LogP contribution in [0.25, 0.3) is 11.6 Å². The van der Waals surface area contributed by atoms with E-state index in [9.17, 15) is 47.9 Å². The van der Waals surface area contributed by atoms with Crippen molar-refractivity contribution < 1.29 is 65.8 Å². The monoisotopic (exact) mass is 909 g/mol. The summed E-state index contributed by atoms with van der Waals surface area (Å²) >= 11 is 0. The highest BCUT2D eigenvalue weighted by Gasteiger charge is 2.37. The first-order chi connectivity index (χ1) is 28.5. The van der Waals surface area contributed by atoms with Gasteiger partial charge in [-0.1, -0.05) is 35.9 Å². The summed E-state index contributed by atoms with van der Waals surface area (Å²) in [6.45, 7) is 7.68. The molecule has 1 fully saturated rings. The molecule has 3 aromatic rings. The predicted molar refractivity (Wildman–Crippen MR) is 214 cm³/mol. The molecular weight excluding hydrogens is 865 g/mol. The van der Waals surface area contributed by atoms with Gasteiger partial charge in [-0.15, -0.1) is 5.11 Å². The molecule has 61 heavy (non-hydrogen) atoms. The average Bonchev–Trinajstić information content (AvgIpc) is 3.52. The van der Waals surface area contributed by atoms with E-state index in [4.69, 9.17) is 14.4 Å². The second kappa shape index (κ2) is 19.3. The number of aromatic nitrogens is 2. The van der Waals surface area contributed by atoms with Crippen molar-refractivity contribution in [1.29, 1.82) is 0 Å². The number of phosphoric acid groups is 3. The SMILES string of the molecule is COc1cc2c(cc1N=Nc1ccc(C)cc1)C(C)=CC(C)(C)N2CCCC(=O)NC/C=C/c1cn([C@H]2CC(O)[C@@H](COP(=O)([O-])OP(=O)([O-])OP(=O)([O-])O)O2)c(=O)[nH]c1=O. The number of carbonyl (C=O) groups is 1. The Labute approximate surface area is 349 Å². The Morgan fingerprint density at radius 3 is 2.46 bits per heavy atom. The van der Waals surface area contributed by atoms with Crippen molar-refractivity contribution in [3.63, 3.8) is 0 Å². The molecule has 1 aromatic heterocycles. The number of fused-ring (bicyclic) bond motifs is 1. The summed E-state index contributed by atoms with van der Waals surface area (Å²) < 4.78 is 57.2. The summed E-state index contributed by atoms with van der Waals surface area (Å²) in [5, 5.41) is 22.0. The molecule has 1 amide bonds. The minimum Gasteiger partial charge on any atom is -0.756 e. The van der Waals surface area contributed by atoms with Gasteiger partial charge in [-0.2, -0.15) is 5.11 Å². The van der Waals surface area contributed by atoms with E-state index in [1.165, 1.54) is 12.2 Å². The second-order valence-corrected chi connectivity index (χ2v) is 18.8. The van der Waals surface area contributed by atoms with Crippen LogP contribution in [-0.2, 0) is 36.4 Å². The Kier molecular flexibility index (Phi) is 15.1. The van der Waals surface area contributed by atoms with Crippen LogP contribution in [0.15, 0.2) is 74.6 Å². The third-order valence-corrected chi connectivity index (χ3v) is 13.1. The number of nitrogens with zero attached hydrogens (tertiary/aromatic N) is 4. The molecule has 22 nitrogen and oxygen atoms in total. The van der Waals surface area contributed by atoms with E-state index < -0.39 is 59.8 Å². The molecule has 3 heterocycles. The van der Waals surface area contributed by atoms with Gasteiger partial charge in [-0.3, -0.25) is 32.8 Å². The van der Waals surface area contributed by atoms with E-state index in [2.05, 4.69) is 58.5 Å². The van der Waals surface area contributed by atoms with Crippen LogP contribution in [0, 0.1) is 6.92 Å². The maximum absolute atomic E-state index is 12.9. The van der Waals surface area contributed by atoms with Crippen LogP contribution in [0.4, 0.5) is 17.1 Å². The van der Waals surface area contributed by atoms with Gasteiger partial charge in [0.1, 0.15) is 23.8 Å². The number of carbonyl (C=O) groups excluding carboxylic acids is 1.